The van der Waals surface area contributed by atoms with Gasteiger partial charge in [-0.25, -0.2) is 4.39 Å². The van der Waals surface area contributed by atoms with Gasteiger partial charge in [0.1, 0.15) is 11.7 Å². The summed E-state index contributed by atoms with van der Waals surface area (Å²) < 4.78 is 19.3. The summed E-state index contributed by atoms with van der Waals surface area (Å²) in [6, 6.07) is 4.72. The second kappa shape index (κ2) is 5.35. The van der Waals surface area contributed by atoms with Gasteiger partial charge in [0.25, 0.3) is 0 Å². The average Bonchev–Trinajstić information content (AvgIpc) is 2.80. The van der Waals surface area contributed by atoms with Crippen LogP contribution < -0.4 is 10.6 Å². The minimum absolute atomic E-state index is 0.165. The van der Waals surface area contributed by atoms with Crippen molar-refractivity contribution in [3.8, 4) is 0 Å². The molecule has 18 heavy (non-hydrogen) atoms. The normalized spacial score (nSPS) is 18.9. The van der Waals surface area contributed by atoms with Crippen LogP contribution in [-0.4, -0.2) is 32.1 Å². The zero-order valence-electron chi connectivity index (χ0n) is 10.4. The lowest BCUT2D eigenvalue weighted by atomic mass is 10.1. The minimum Gasteiger partial charge on any atom is -0.384 e. The maximum atomic E-state index is 13.7. The first-order chi connectivity index (χ1) is 8.59. The fourth-order valence-electron chi connectivity index (χ4n) is 2.29. The van der Waals surface area contributed by atoms with Gasteiger partial charge < -0.3 is 15.4 Å². The fraction of sp³-hybridized carbons (Fsp3) is 0.462. The van der Waals surface area contributed by atoms with E-state index in [0.717, 1.165) is 19.4 Å². The number of hydrogen-bond acceptors (Lipinski definition) is 3. The molecule has 1 saturated heterocycles. The molecule has 1 aromatic carbocycles. The van der Waals surface area contributed by atoms with E-state index < -0.39 is 5.82 Å². The number of nitrogen functional groups attached to an aromatic ring is 1. The monoisotopic (exact) mass is 251 g/mol. The van der Waals surface area contributed by atoms with Crippen molar-refractivity contribution < 1.29 is 9.13 Å². The van der Waals surface area contributed by atoms with Gasteiger partial charge in [-0.05, 0) is 25.0 Å². The lowest BCUT2D eigenvalue weighted by Crippen LogP contribution is -2.30. The van der Waals surface area contributed by atoms with Gasteiger partial charge in [-0.1, -0.05) is 6.07 Å². The Labute approximate surface area is 106 Å². The van der Waals surface area contributed by atoms with Gasteiger partial charge in [0, 0.05) is 20.2 Å². The molecule has 2 rings (SSSR count). The number of ether oxygens (including phenoxy) is 1. The summed E-state index contributed by atoms with van der Waals surface area (Å²) in [7, 11) is 1.86. The van der Waals surface area contributed by atoms with Crippen molar-refractivity contribution in [2.24, 2.45) is 5.73 Å². The third kappa shape index (κ3) is 2.61. The van der Waals surface area contributed by atoms with Crippen LogP contribution in [0.25, 0.3) is 0 Å². The quantitative estimate of drug-likeness (QED) is 0.632. The van der Waals surface area contributed by atoms with Gasteiger partial charge in [0.05, 0.1) is 17.4 Å². The number of rotatable bonds is 4. The number of likely N-dealkylation sites (N-methyl/N-ethyl adjacent to an activating group) is 1. The molecule has 1 fully saturated rings. The van der Waals surface area contributed by atoms with Gasteiger partial charge in [-0.2, -0.15) is 0 Å². The van der Waals surface area contributed by atoms with Crippen molar-refractivity contribution >= 4 is 11.5 Å². The van der Waals surface area contributed by atoms with Crippen LogP contribution in [0, 0.1) is 11.2 Å². The summed E-state index contributed by atoms with van der Waals surface area (Å²) in [5, 5.41) is 7.47. The van der Waals surface area contributed by atoms with Crippen LogP contribution in [-0.2, 0) is 4.74 Å². The molecule has 3 N–H and O–H groups in total. The second-order valence-corrected chi connectivity index (χ2v) is 4.56. The Bertz CT molecular complexity index is 444. The number of halogens is 1. The van der Waals surface area contributed by atoms with Gasteiger partial charge >= 0.3 is 0 Å². The molecule has 1 aliphatic rings. The zero-order valence-corrected chi connectivity index (χ0v) is 10.4. The van der Waals surface area contributed by atoms with Crippen molar-refractivity contribution in [1.29, 1.82) is 5.41 Å². The average molecular weight is 251 g/mol. The Morgan fingerprint density at radius 3 is 3.00 bits per heavy atom. The highest BCUT2D eigenvalue weighted by Gasteiger charge is 2.20. The van der Waals surface area contributed by atoms with E-state index in [1.165, 1.54) is 6.07 Å². The van der Waals surface area contributed by atoms with Gasteiger partial charge in [0.15, 0.2) is 0 Å². The first kappa shape index (κ1) is 12.8. The van der Waals surface area contributed by atoms with E-state index >= 15 is 0 Å². The van der Waals surface area contributed by atoms with E-state index in [0.29, 0.717) is 12.2 Å². The van der Waals surface area contributed by atoms with E-state index in [4.69, 9.17) is 15.9 Å². The van der Waals surface area contributed by atoms with Crippen LogP contribution >= 0.6 is 0 Å². The van der Waals surface area contributed by atoms with Crippen LogP contribution in [0.2, 0.25) is 0 Å². The van der Waals surface area contributed by atoms with Crippen molar-refractivity contribution in [3.63, 3.8) is 0 Å². The first-order valence-electron chi connectivity index (χ1n) is 6.05. The van der Waals surface area contributed by atoms with E-state index in [2.05, 4.69) is 0 Å². The summed E-state index contributed by atoms with van der Waals surface area (Å²) >= 11 is 0. The van der Waals surface area contributed by atoms with Crippen molar-refractivity contribution in [3.05, 3.63) is 29.6 Å². The van der Waals surface area contributed by atoms with Crippen molar-refractivity contribution in [2.75, 3.05) is 25.1 Å². The maximum Gasteiger partial charge on any atom is 0.136 e. The van der Waals surface area contributed by atoms with Crippen LogP contribution in [0.5, 0.6) is 0 Å². The molecular formula is C13H18FN3O. The number of nitrogens with two attached hydrogens (primary N) is 1. The van der Waals surface area contributed by atoms with E-state index in [1.54, 1.807) is 12.1 Å². The predicted octanol–water partition coefficient (Wildman–Crippen LogP) is 1.72. The lowest BCUT2D eigenvalue weighted by molar-refractivity contribution is 0.116. The van der Waals surface area contributed by atoms with E-state index in [1.807, 2.05) is 11.9 Å². The first-order valence-corrected chi connectivity index (χ1v) is 6.05. The summed E-state index contributed by atoms with van der Waals surface area (Å²) in [5.74, 6) is -0.707. The molecule has 0 spiro atoms. The summed E-state index contributed by atoms with van der Waals surface area (Å²) in [6.07, 6.45) is 2.27. The summed E-state index contributed by atoms with van der Waals surface area (Å²) in [5.41, 5.74) is 6.25. The SMILES string of the molecule is CN(CC1CCCO1)c1cccc(F)c1C(=N)N. The highest BCUT2D eigenvalue weighted by molar-refractivity contribution is 6.00. The summed E-state index contributed by atoms with van der Waals surface area (Å²) in [4.78, 5) is 1.90. The molecule has 0 saturated carbocycles. The fourth-order valence-corrected chi connectivity index (χ4v) is 2.29. The molecule has 0 bridgehead atoms. The van der Waals surface area contributed by atoms with E-state index in [9.17, 15) is 4.39 Å². The highest BCUT2D eigenvalue weighted by atomic mass is 19.1. The number of hydrogen-bond donors (Lipinski definition) is 2. The third-order valence-electron chi connectivity index (χ3n) is 3.17. The Balaban J connectivity index is 2.20. The molecule has 1 aliphatic heterocycles. The number of anilines is 1. The van der Waals surface area contributed by atoms with Crippen LogP contribution in [0.3, 0.4) is 0 Å². The minimum atomic E-state index is -0.459. The topological polar surface area (TPSA) is 62.3 Å². The molecule has 1 aromatic rings. The molecule has 5 heteroatoms. The number of nitrogens with zero attached hydrogens (tertiary/aromatic N) is 1. The van der Waals surface area contributed by atoms with Crippen molar-refractivity contribution in [1.82, 2.24) is 0 Å². The number of benzene rings is 1. The predicted molar refractivity (Wildman–Crippen MR) is 69.7 cm³/mol. The molecule has 1 heterocycles. The molecule has 1 unspecified atom stereocenters. The van der Waals surface area contributed by atoms with E-state index in [-0.39, 0.29) is 17.5 Å². The molecule has 4 nitrogen and oxygen atoms in total. The molecular weight excluding hydrogens is 233 g/mol. The molecule has 0 radical (unpaired) electrons. The van der Waals surface area contributed by atoms with Crippen molar-refractivity contribution in [2.45, 2.75) is 18.9 Å². The Morgan fingerprint density at radius 2 is 2.39 bits per heavy atom. The van der Waals surface area contributed by atoms with Crippen LogP contribution in [0.1, 0.15) is 18.4 Å². The third-order valence-corrected chi connectivity index (χ3v) is 3.17. The smallest absolute Gasteiger partial charge is 0.136 e. The Hall–Kier alpha value is -1.62. The van der Waals surface area contributed by atoms with Crippen LogP contribution in [0.4, 0.5) is 10.1 Å². The molecule has 1 atom stereocenters. The molecule has 0 aliphatic carbocycles. The lowest BCUT2D eigenvalue weighted by Gasteiger charge is -2.25. The van der Waals surface area contributed by atoms with Gasteiger partial charge in [0.2, 0.25) is 0 Å². The molecule has 0 amide bonds. The second-order valence-electron chi connectivity index (χ2n) is 4.56. The summed E-state index contributed by atoms with van der Waals surface area (Å²) in [6.45, 7) is 1.48. The maximum absolute atomic E-state index is 13.7. The zero-order chi connectivity index (χ0) is 13.1. The number of nitrogens with one attached hydrogen (secondary N) is 1. The number of amidine groups is 1. The molecule has 0 aromatic heterocycles. The highest BCUT2D eigenvalue weighted by Crippen LogP contribution is 2.23. The standard InChI is InChI=1S/C13H18FN3O/c1-17(8-9-4-3-7-18-9)11-6-2-5-10(14)12(11)13(15)16/h2,5-6,9H,3-4,7-8H2,1H3,(H3,15,16). The molecule has 98 valence electrons. The van der Waals surface area contributed by atoms with Crippen LogP contribution in [0.15, 0.2) is 18.2 Å². The van der Waals surface area contributed by atoms with Gasteiger partial charge in [-0.3, -0.25) is 5.41 Å². The Kier molecular flexibility index (Phi) is 3.81. The Morgan fingerprint density at radius 1 is 1.61 bits per heavy atom. The largest absolute Gasteiger partial charge is 0.384 e. The van der Waals surface area contributed by atoms with Gasteiger partial charge in [-0.15, -0.1) is 0 Å².